The number of amides is 1. The molecule has 2 aliphatic heterocycles. The number of anilines is 1. The predicted molar refractivity (Wildman–Crippen MR) is 167 cm³/mol. The van der Waals surface area contributed by atoms with Gasteiger partial charge in [0.1, 0.15) is 17.9 Å². The minimum Gasteiger partial charge on any atom is -0.465 e. The van der Waals surface area contributed by atoms with Gasteiger partial charge in [-0.2, -0.15) is 15.2 Å². The van der Waals surface area contributed by atoms with Crippen LogP contribution < -0.4 is 15.2 Å². The minimum absolute atomic E-state index is 0.0193. The van der Waals surface area contributed by atoms with Crippen LogP contribution in [0, 0.1) is 11.3 Å². The van der Waals surface area contributed by atoms with Gasteiger partial charge in [-0.15, -0.1) is 0 Å². The number of aryl methyl sites for hydroxylation is 1. The van der Waals surface area contributed by atoms with E-state index in [4.69, 9.17) is 26.3 Å². The summed E-state index contributed by atoms with van der Waals surface area (Å²) in [4.78, 5) is 46.0. The summed E-state index contributed by atoms with van der Waals surface area (Å²) in [6.45, 7) is 3.94. The Morgan fingerprint density at radius 1 is 1.11 bits per heavy atom. The van der Waals surface area contributed by atoms with Gasteiger partial charge < -0.3 is 24.5 Å². The summed E-state index contributed by atoms with van der Waals surface area (Å²) in [5.41, 5.74) is 0.606. The van der Waals surface area contributed by atoms with Crippen LogP contribution in [0.1, 0.15) is 32.0 Å². The number of hydrogen-bond acceptors (Lipinski definition) is 9. The van der Waals surface area contributed by atoms with Crippen molar-refractivity contribution >= 4 is 45.3 Å². The molecule has 2 unspecified atom stereocenters. The number of rotatable bonds is 7. The molecule has 2 aromatic carbocycles. The Labute approximate surface area is 259 Å². The lowest BCUT2D eigenvalue weighted by Gasteiger charge is -2.39. The van der Waals surface area contributed by atoms with E-state index < -0.39 is 12.1 Å². The molecule has 0 spiro atoms. The Bertz CT molecular complexity index is 1830. The van der Waals surface area contributed by atoms with E-state index in [-0.39, 0.29) is 42.6 Å². The molecule has 0 saturated carbocycles. The van der Waals surface area contributed by atoms with Crippen molar-refractivity contribution < 1.29 is 14.6 Å². The Kier molecular flexibility index (Phi) is 8.25. The van der Waals surface area contributed by atoms with Gasteiger partial charge in [0.15, 0.2) is 11.3 Å². The second kappa shape index (κ2) is 12.3. The Hall–Kier alpha value is -4.47. The predicted octanol–water partition coefficient (Wildman–Crippen LogP) is 4.10. The summed E-state index contributed by atoms with van der Waals surface area (Å²) < 4.78 is 7.69. The van der Waals surface area contributed by atoms with Crippen LogP contribution in [0.25, 0.3) is 27.5 Å². The Morgan fingerprint density at radius 3 is 2.61 bits per heavy atom. The monoisotopic (exact) mass is 616 g/mol. The molecule has 0 bridgehead atoms. The zero-order valence-corrected chi connectivity index (χ0v) is 25.4. The van der Waals surface area contributed by atoms with Crippen molar-refractivity contribution in [2.45, 2.75) is 44.7 Å². The number of aromatic nitrogens is 4. The van der Waals surface area contributed by atoms with Gasteiger partial charge in [0, 0.05) is 37.5 Å². The maximum absolute atomic E-state index is 14.4. The van der Waals surface area contributed by atoms with E-state index >= 15 is 0 Å². The Balaban J connectivity index is 1.53. The molecule has 228 valence electrons. The molecule has 44 heavy (non-hydrogen) atoms. The SMILES string of the molecule is CCc1nc2c(N3CCN(C(=O)O)C(CC#N)C3)nc(OCC3CCCN3C)nc2c(=O)n1-c1cccc2cccc(Cl)c12. The first-order chi connectivity index (χ1) is 21.3. The van der Waals surface area contributed by atoms with Crippen LogP contribution in [-0.4, -0.2) is 92.4 Å². The lowest BCUT2D eigenvalue weighted by molar-refractivity contribution is 0.119. The molecular formula is C31H33ClN8O4. The third kappa shape index (κ3) is 5.37. The number of nitrogens with zero attached hydrogens (tertiary/aromatic N) is 8. The van der Waals surface area contributed by atoms with Crippen molar-refractivity contribution in [3.63, 3.8) is 0 Å². The molecule has 13 heteroatoms. The second-order valence-electron chi connectivity index (χ2n) is 11.2. The number of ether oxygens (including phenoxy) is 1. The summed E-state index contributed by atoms with van der Waals surface area (Å²) in [5.74, 6) is 0.881. The molecule has 2 fully saturated rings. The number of benzene rings is 2. The molecule has 2 saturated heterocycles. The van der Waals surface area contributed by atoms with E-state index in [1.165, 1.54) is 4.90 Å². The van der Waals surface area contributed by atoms with E-state index in [1.54, 1.807) is 10.6 Å². The fourth-order valence-electron chi connectivity index (χ4n) is 6.25. The topological polar surface area (TPSA) is 141 Å². The lowest BCUT2D eigenvalue weighted by atomic mass is 10.1. The zero-order chi connectivity index (χ0) is 31.0. The second-order valence-corrected chi connectivity index (χ2v) is 11.6. The van der Waals surface area contributed by atoms with Crippen molar-refractivity contribution in [2.24, 2.45) is 0 Å². The van der Waals surface area contributed by atoms with Crippen LogP contribution in [0.2, 0.25) is 5.02 Å². The molecule has 0 aliphatic carbocycles. The van der Waals surface area contributed by atoms with Gasteiger partial charge in [-0.3, -0.25) is 9.36 Å². The molecule has 6 rings (SSSR count). The number of halogens is 1. The largest absolute Gasteiger partial charge is 0.465 e. The number of likely N-dealkylation sites (N-methyl/N-ethyl adjacent to an activating group) is 1. The van der Waals surface area contributed by atoms with Crippen LogP contribution in [0.3, 0.4) is 0 Å². The summed E-state index contributed by atoms with van der Waals surface area (Å²) in [6.07, 6.45) is 1.43. The number of piperazine rings is 1. The maximum Gasteiger partial charge on any atom is 0.407 e. The van der Waals surface area contributed by atoms with E-state index in [0.717, 1.165) is 30.2 Å². The standard InChI is InChI=1S/C31H33ClN8O4/c1-3-24-34-26-27(29(41)40(24)23-11-5-8-19-7-4-10-22(32)25(19)23)35-30(44-18-21-9-6-14-37(21)2)36-28(26)38-15-16-39(31(42)43)20(17-38)12-13-33/h4-5,7-8,10-11,20-21H,3,6,9,12,14-18H2,1-2H3,(H,42,43). The average Bonchev–Trinajstić information content (AvgIpc) is 3.44. The third-order valence-corrected chi connectivity index (χ3v) is 8.88. The van der Waals surface area contributed by atoms with Crippen LogP contribution in [0.15, 0.2) is 41.2 Å². The van der Waals surface area contributed by atoms with Gasteiger partial charge >= 0.3 is 12.1 Å². The van der Waals surface area contributed by atoms with Crippen molar-refractivity contribution in [2.75, 3.05) is 44.7 Å². The highest BCUT2D eigenvalue weighted by molar-refractivity contribution is 6.36. The lowest BCUT2D eigenvalue weighted by Crippen LogP contribution is -2.55. The molecule has 2 aliphatic rings. The van der Waals surface area contributed by atoms with Crippen molar-refractivity contribution in [1.82, 2.24) is 29.3 Å². The number of hydrogen-bond donors (Lipinski definition) is 1. The first-order valence-electron chi connectivity index (χ1n) is 14.8. The van der Waals surface area contributed by atoms with Gasteiger partial charge in [0.25, 0.3) is 5.56 Å². The molecule has 1 N–H and O–H groups in total. The number of carboxylic acid groups (broad SMARTS) is 1. The highest BCUT2D eigenvalue weighted by atomic mass is 35.5. The highest BCUT2D eigenvalue weighted by Gasteiger charge is 2.33. The summed E-state index contributed by atoms with van der Waals surface area (Å²) in [5, 5.41) is 21.3. The highest BCUT2D eigenvalue weighted by Crippen LogP contribution is 2.32. The third-order valence-electron chi connectivity index (χ3n) is 8.57. The molecule has 4 heterocycles. The van der Waals surface area contributed by atoms with Crippen molar-refractivity contribution in [3.8, 4) is 17.8 Å². The molecule has 12 nitrogen and oxygen atoms in total. The van der Waals surface area contributed by atoms with Crippen LogP contribution in [0.5, 0.6) is 6.01 Å². The van der Waals surface area contributed by atoms with Crippen LogP contribution in [-0.2, 0) is 6.42 Å². The van der Waals surface area contributed by atoms with Gasteiger partial charge in [-0.05, 0) is 44.0 Å². The van der Waals surface area contributed by atoms with Gasteiger partial charge in [-0.1, -0.05) is 42.8 Å². The molecule has 2 aromatic heterocycles. The maximum atomic E-state index is 14.4. The van der Waals surface area contributed by atoms with E-state index in [2.05, 4.69) is 23.0 Å². The number of fused-ring (bicyclic) bond motifs is 2. The molecule has 4 aromatic rings. The normalized spacial score (nSPS) is 19.0. The smallest absolute Gasteiger partial charge is 0.407 e. The minimum atomic E-state index is -1.08. The quantitative estimate of drug-likeness (QED) is 0.323. The zero-order valence-electron chi connectivity index (χ0n) is 24.6. The van der Waals surface area contributed by atoms with Crippen LogP contribution in [0.4, 0.5) is 10.6 Å². The molecular weight excluding hydrogens is 584 g/mol. The molecule has 0 radical (unpaired) electrons. The number of nitriles is 1. The van der Waals surface area contributed by atoms with Crippen LogP contribution >= 0.6 is 11.6 Å². The summed E-state index contributed by atoms with van der Waals surface area (Å²) in [6, 6.07) is 13.0. The summed E-state index contributed by atoms with van der Waals surface area (Å²) >= 11 is 6.66. The Morgan fingerprint density at radius 2 is 1.91 bits per heavy atom. The summed E-state index contributed by atoms with van der Waals surface area (Å²) in [7, 11) is 2.05. The van der Waals surface area contributed by atoms with Gasteiger partial charge in [-0.25, -0.2) is 9.78 Å². The van der Waals surface area contributed by atoms with Gasteiger partial charge in [0.05, 0.1) is 29.2 Å². The van der Waals surface area contributed by atoms with Crippen molar-refractivity contribution in [1.29, 1.82) is 5.26 Å². The molecule has 2 atom stereocenters. The van der Waals surface area contributed by atoms with Crippen molar-refractivity contribution in [3.05, 3.63) is 57.6 Å². The van der Waals surface area contributed by atoms with E-state index in [9.17, 15) is 20.0 Å². The average molecular weight is 617 g/mol. The fraction of sp³-hybridized carbons (Fsp3) is 0.419. The van der Waals surface area contributed by atoms with E-state index in [1.807, 2.05) is 42.2 Å². The first-order valence-corrected chi connectivity index (χ1v) is 15.1. The molecule has 1 amide bonds. The van der Waals surface area contributed by atoms with Gasteiger partial charge in [0.2, 0.25) is 0 Å². The number of likely N-dealkylation sites (tertiary alicyclic amines) is 1. The number of carbonyl (C=O) groups is 1. The fourth-order valence-corrected chi connectivity index (χ4v) is 6.53. The first kappa shape index (κ1) is 29.6. The van der Waals surface area contributed by atoms with E-state index in [0.29, 0.717) is 47.4 Å².